The highest BCUT2D eigenvalue weighted by Crippen LogP contribution is 2.22. The summed E-state index contributed by atoms with van der Waals surface area (Å²) in [6.07, 6.45) is 0.997. The van der Waals surface area contributed by atoms with Crippen molar-refractivity contribution >= 4 is 17.5 Å². The summed E-state index contributed by atoms with van der Waals surface area (Å²) in [6.45, 7) is 7.38. The number of hydrogen-bond donors (Lipinski definition) is 0. The quantitative estimate of drug-likeness (QED) is 0.657. The molecule has 1 heterocycles. The van der Waals surface area contributed by atoms with Gasteiger partial charge in [0.15, 0.2) is 6.61 Å². The summed E-state index contributed by atoms with van der Waals surface area (Å²) < 4.78 is 18.8. The van der Waals surface area contributed by atoms with Gasteiger partial charge in [-0.15, -0.1) is 0 Å². The first-order valence-electron chi connectivity index (χ1n) is 10.1. The first-order valence-corrected chi connectivity index (χ1v) is 10.5. The van der Waals surface area contributed by atoms with Crippen molar-refractivity contribution in [3.63, 3.8) is 0 Å². The molecule has 1 fully saturated rings. The molecule has 4 nitrogen and oxygen atoms in total. The largest absolute Gasteiger partial charge is 0.484 e. The normalized spacial score (nSPS) is 18.5. The van der Waals surface area contributed by atoms with E-state index in [9.17, 15) is 9.18 Å². The number of carbonyl (C=O) groups excluding carboxylic acids is 1. The zero-order valence-corrected chi connectivity index (χ0v) is 17.7. The number of rotatable bonds is 7. The fraction of sp³-hybridized carbons (Fsp3) is 0.435. The van der Waals surface area contributed by atoms with Gasteiger partial charge in [-0.3, -0.25) is 9.69 Å². The van der Waals surface area contributed by atoms with Gasteiger partial charge in [-0.05, 0) is 47.9 Å². The highest BCUT2D eigenvalue weighted by Gasteiger charge is 2.33. The standard InChI is InChI=1S/C23H28ClFN2O2/c1-3-17(2)22-15-26(14-18-4-8-20(25)9-5-18)12-13-27(22)23(28)16-29-21-10-6-19(24)7-11-21/h4-11,17,22H,3,12-16H2,1-2H3. The van der Waals surface area contributed by atoms with Crippen LogP contribution in [-0.4, -0.2) is 48.0 Å². The van der Waals surface area contributed by atoms with Gasteiger partial charge in [0.25, 0.3) is 5.91 Å². The van der Waals surface area contributed by atoms with Crippen molar-refractivity contribution in [2.24, 2.45) is 5.92 Å². The van der Waals surface area contributed by atoms with Crippen LogP contribution in [0.5, 0.6) is 5.75 Å². The van der Waals surface area contributed by atoms with E-state index in [-0.39, 0.29) is 24.4 Å². The van der Waals surface area contributed by atoms with E-state index < -0.39 is 0 Å². The molecule has 0 spiro atoms. The number of hydrogen-bond acceptors (Lipinski definition) is 3. The molecule has 3 rings (SSSR count). The second kappa shape index (κ2) is 10.1. The molecule has 2 aromatic rings. The molecule has 156 valence electrons. The highest BCUT2D eigenvalue weighted by molar-refractivity contribution is 6.30. The van der Waals surface area contributed by atoms with Gasteiger partial charge < -0.3 is 9.64 Å². The molecule has 0 aromatic heterocycles. The van der Waals surface area contributed by atoms with Gasteiger partial charge in [0.1, 0.15) is 11.6 Å². The summed E-state index contributed by atoms with van der Waals surface area (Å²) in [5, 5.41) is 0.637. The van der Waals surface area contributed by atoms with Crippen LogP contribution in [0, 0.1) is 11.7 Å². The second-order valence-corrected chi connectivity index (χ2v) is 8.08. The Hall–Kier alpha value is -2.11. The Balaban J connectivity index is 1.61. The molecular weight excluding hydrogens is 391 g/mol. The first kappa shape index (κ1) is 21.6. The topological polar surface area (TPSA) is 32.8 Å². The van der Waals surface area contributed by atoms with Crippen molar-refractivity contribution in [2.45, 2.75) is 32.9 Å². The number of piperazine rings is 1. The lowest BCUT2D eigenvalue weighted by Crippen LogP contribution is -2.58. The van der Waals surface area contributed by atoms with Gasteiger partial charge in [0.2, 0.25) is 0 Å². The zero-order valence-electron chi connectivity index (χ0n) is 17.0. The summed E-state index contributed by atoms with van der Waals surface area (Å²) in [5.74, 6) is 0.803. The van der Waals surface area contributed by atoms with E-state index in [2.05, 4.69) is 18.7 Å². The molecule has 1 saturated heterocycles. The summed E-state index contributed by atoms with van der Waals surface area (Å²) in [5.41, 5.74) is 1.08. The number of carbonyl (C=O) groups is 1. The van der Waals surface area contributed by atoms with Crippen LogP contribution < -0.4 is 4.74 Å². The lowest BCUT2D eigenvalue weighted by atomic mass is 9.95. The van der Waals surface area contributed by atoms with Crippen LogP contribution in [0.25, 0.3) is 0 Å². The number of halogens is 2. The van der Waals surface area contributed by atoms with Crippen LogP contribution in [-0.2, 0) is 11.3 Å². The molecule has 1 amide bonds. The third kappa shape index (κ3) is 5.94. The van der Waals surface area contributed by atoms with Crippen LogP contribution in [0.1, 0.15) is 25.8 Å². The predicted molar refractivity (Wildman–Crippen MR) is 114 cm³/mol. The SMILES string of the molecule is CCC(C)C1CN(Cc2ccc(F)cc2)CCN1C(=O)COc1ccc(Cl)cc1. The first-order chi connectivity index (χ1) is 14.0. The Morgan fingerprint density at radius 3 is 2.52 bits per heavy atom. The number of nitrogens with zero attached hydrogens (tertiary/aromatic N) is 2. The van der Waals surface area contributed by atoms with Crippen LogP contribution >= 0.6 is 11.6 Å². The molecule has 0 aliphatic carbocycles. The molecule has 0 N–H and O–H groups in total. The van der Waals surface area contributed by atoms with Gasteiger partial charge in [0, 0.05) is 37.2 Å². The number of benzene rings is 2. The van der Waals surface area contributed by atoms with Crippen molar-refractivity contribution in [3.8, 4) is 5.75 Å². The monoisotopic (exact) mass is 418 g/mol. The van der Waals surface area contributed by atoms with Crippen LogP contribution in [0.3, 0.4) is 0 Å². The van der Waals surface area contributed by atoms with Crippen molar-refractivity contribution < 1.29 is 13.9 Å². The van der Waals surface area contributed by atoms with Gasteiger partial charge in [-0.25, -0.2) is 4.39 Å². The summed E-state index contributed by atoms with van der Waals surface area (Å²) in [4.78, 5) is 17.2. The minimum atomic E-state index is -0.220. The Bertz CT molecular complexity index is 798. The van der Waals surface area contributed by atoms with Crippen LogP contribution in [0.4, 0.5) is 4.39 Å². The summed E-state index contributed by atoms with van der Waals surface area (Å²) in [7, 11) is 0. The van der Waals surface area contributed by atoms with Crippen LogP contribution in [0.15, 0.2) is 48.5 Å². The number of ether oxygens (including phenoxy) is 1. The van der Waals surface area contributed by atoms with Crippen LogP contribution in [0.2, 0.25) is 5.02 Å². The predicted octanol–water partition coefficient (Wildman–Crippen LogP) is 4.62. The average molecular weight is 419 g/mol. The lowest BCUT2D eigenvalue weighted by molar-refractivity contribution is -0.140. The molecule has 2 unspecified atom stereocenters. The minimum Gasteiger partial charge on any atom is -0.484 e. The molecule has 29 heavy (non-hydrogen) atoms. The molecule has 1 aliphatic rings. The maximum atomic E-state index is 13.2. The fourth-order valence-corrected chi connectivity index (χ4v) is 3.81. The van der Waals surface area contributed by atoms with E-state index in [1.165, 1.54) is 12.1 Å². The molecule has 0 radical (unpaired) electrons. The third-order valence-electron chi connectivity index (χ3n) is 5.62. The molecule has 1 aliphatic heterocycles. The molecule has 0 bridgehead atoms. The van der Waals surface area contributed by atoms with Crippen molar-refractivity contribution in [2.75, 3.05) is 26.2 Å². The van der Waals surface area contributed by atoms with E-state index >= 15 is 0 Å². The fourth-order valence-electron chi connectivity index (χ4n) is 3.69. The van der Waals surface area contributed by atoms with E-state index in [0.29, 0.717) is 23.2 Å². The summed E-state index contributed by atoms with van der Waals surface area (Å²) in [6, 6.07) is 13.8. The van der Waals surface area contributed by atoms with E-state index in [1.807, 2.05) is 17.0 Å². The third-order valence-corrected chi connectivity index (χ3v) is 5.87. The minimum absolute atomic E-state index is 0.00619. The zero-order chi connectivity index (χ0) is 20.8. The maximum absolute atomic E-state index is 13.2. The molecule has 6 heteroatoms. The van der Waals surface area contributed by atoms with Crippen molar-refractivity contribution in [1.29, 1.82) is 0 Å². The Morgan fingerprint density at radius 2 is 1.86 bits per heavy atom. The molecule has 2 aromatic carbocycles. The molecule has 0 saturated carbocycles. The Morgan fingerprint density at radius 1 is 1.17 bits per heavy atom. The summed E-state index contributed by atoms with van der Waals surface area (Å²) >= 11 is 5.89. The highest BCUT2D eigenvalue weighted by atomic mass is 35.5. The molecule has 2 atom stereocenters. The Labute approximate surface area is 177 Å². The van der Waals surface area contributed by atoms with Gasteiger partial charge >= 0.3 is 0 Å². The number of amides is 1. The van der Waals surface area contributed by atoms with Gasteiger partial charge in [-0.2, -0.15) is 0 Å². The van der Waals surface area contributed by atoms with Crippen molar-refractivity contribution in [3.05, 3.63) is 64.9 Å². The Kier molecular flexibility index (Phi) is 7.51. The second-order valence-electron chi connectivity index (χ2n) is 7.64. The van der Waals surface area contributed by atoms with Gasteiger partial charge in [-0.1, -0.05) is 44.0 Å². The molecular formula is C23H28ClFN2O2. The van der Waals surface area contributed by atoms with Crippen molar-refractivity contribution in [1.82, 2.24) is 9.80 Å². The van der Waals surface area contributed by atoms with E-state index in [4.69, 9.17) is 16.3 Å². The lowest BCUT2D eigenvalue weighted by Gasteiger charge is -2.44. The maximum Gasteiger partial charge on any atom is 0.260 e. The average Bonchev–Trinajstić information content (AvgIpc) is 2.74. The van der Waals surface area contributed by atoms with E-state index in [1.54, 1.807) is 24.3 Å². The van der Waals surface area contributed by atoms with E-state index in [0.717, 1.165) is 31.6 Å². The smallest absolute Gasteiger partial charge is 0.260 e. The van der Waals surface area contributed by atoms with Gasteiger partial charge in [0.05, 0.1) is 0 Å².